The van der Waals surface area contributed by atoms with Crippen molar-refractivity contribution in [3.05, 3.63) is 18.0 Å². The first-order valence-corrected chi connectivity index (χ1v) is 6.65. The molecule has 1 aliphatic heterocycles. The van der Waals surface area contributed by atoms with E-state index >= 15 is 0 Å². The first-order chi connectivity index (χ1) is 8.90. The Bertz CT molecular complexity index is 335. The van der Waals surface area contributed by atoms with Crippen LogP contribution in [-0.2, 0) is 11.3 Å². The lowest BCUT2D eigenvalue weighted by molar-refractivity contribution is 0.199. The van der Waals surface area contributed by atoms with Gasteiger partial charge in [0.25, 0.3) is 0 Å². The van der Waals surface area contributed by atoms with Crippen LogP contribution in [0.15, 0.2) is 12.4 Å². The van der Waals surface area contributed by atoms with Crippen molar-refractivity contribution < 1.29 is 4.74 Å². The second-order valence-corrected chi connectivity index (χ2v) is 4.61. The summed E-state index contributed by atoms with van der Waals surface area (Å²) in [6, 6.07) is 0. The van der Waals surface area contributed by atoms with Crippen LogP contribution in [0.25, 0.3) is 0 Å². The number of anilines is 1. The fourth-order valence-electron chi connectivity index (χ4n) is 2.10. The maximum atomic E-state index is 4.98. The number of nitrogens with zero attached hydrogens (tertiary/aromatic N) is 3. The van der Waals surface area contributed by atoms with E-state index in [4.69, 9.17) is 4.74 Å². The molecule has 0 bridgehead atoms. The van der Waals surface area contributed by atoms with Gasteiger partial charge in [-0.05, 0) is 19.3 Å². The van der Waals surface area contributed by atoms with Gasteiger partial charge < -0.3 is 15.0 Å². The zero-order valence-corrected chi connectivity index (χ0v) is 11.1. The van der Waals surface area contributed by atoms with Crippen LogP contribution >= 0.6 is 0 Å². The molecule has 0 radical (unpaired) electrons. The van der Waals surface area contributed by atoms with Crippen molar-refractivity contribution in [2.24, 2.45) is 0 Å². The van der Waals surface area contributed by atoms with Gasteiger partial charge in [0.1, 0.15) is 0 Å². The zero-order valence-electron chi connectivity index (χ0n) is 11.1. The Hall–Kier alpha value is -1.20. The summed E-state index contributed by atoms with van der Waals surface area (Å²) in [6.45, 7) is 4.55. The maximum Gasteiger partial charge on any atom is 0.225 e. The summed E-state index contributed by atoms with van der Waals surface area (Å²) < 4.78 is 4.98. The summed E-state index contributed by atoms with van der Waals surface area (Å²) in [5, 5.41) is 3.28. The second kappa shape index (κ2) is 7.28. The minimum Gasteiger partial charge on any atom is -0.383 e. The predicted molar refractivity (Wildman–Crippen MR) is 71.7 cm³/mol. The standard InChI is InChI=1S/C13H22N4O/c1-18-8-5-14-9-12-10-15-13(16-11-12)17-6-3-2-4-7-17/h10-11,14H,2-9H2,1H3. The van der Waals surface area contributed by atoms with Crippen molar-refractivity contribution in [3.63, 3.8) is 0 Å². The Morgan fingerprint density at radius 2 is 1.94 bits per heavy atom. The summed E-state index contributed by atoms with van der Waals surface area (Å²) in [7, 11) is 1.71. The third kappa shape index (κ3) is 3.92. The highest BCUT2D eigenvalue weighted by Crippen LogP contribution is 2.14. The van der Waals surface area contributed by atoms with Crippen LogP contribution in [0.4, 0.5) is 5.95 Å². The normalized spacial score (nSPS) is 15.9. The number of piperidine rings is 1. The number of nitrogens with one attached hydrogen (secondary N) is 1. The van der Waals surface area contributed by atoms with Gasteiger partial charge in [-0.2, -0.15) is 0 Å². The molecule has 2 rings (SSSR count). The molecule has 0 aliphatic carbocycles. The number of ether oxygens (including phenoxy) is 1. The molecular weight excluding hydrogens is 228 g/mol. The fourth-order valence-corrected chi connectivity index (χ4v) is 2.10. The van der Waals surface area contributed by atoms with E-state index in [0.29, 0.717) is 0 Å². The van der Waals surface area contributed by atoms with Gasteiger partial charge in [0.05, 0.1) is 6.61 Å². The van der Waals surface area contributed by atoms with Gasteiger partial charge in [-0.1, -0.05) is 0 Å². The van der Waals surface area contributed by atoms with E-state index in [9.17, 15) is 0 Å². The van der Waals surface area contributed by atoms with Crippen LogP contribution in [0.2, 0.25) is 0 Å². The molecule has 18 heavy (non-hydrogen) atoms. The van der Waals surface area contributed by atoms with Crippen molar-refractivity contribution in [1.29, 1.82) is 0 Å². The van der Waals surface area contributed by atoms with E-state index in [1.807, 2.05) is 12.4 Å². The van der Waals surface area contributed by atoms with Crippen molar-refractivity contribution >= 4 is 5.95 Å². The molecule has 0 spiro atoms. The first-order valence-electron chi connectivity index (χ1n) is 6.65. The molecule has 1 fully saturated rings. The summed E-state index contributed by atoms with van der Waals surface area (Å²) >= 11 is 0. The van der Waals surface area contributed by atoms with Crippen LogP contribution in [0.3, 0.4) is 0 Å². The van der Waals surface area contributed by atoms with E-state index in [1.165, 1.54) is 19.3 Å². The molecule has 1 aliphatic rings. The lowest BCUT2D eigenvalue weighted by Gasteiger charge is -2.26. The van der Waals surface area contributed by atoms with Gasteiger partial charge in [0.2, 0.25) is 5.95 Å². The largest absolute Gasteiger partial charge is 0.383 e. The SMILES string of the molecule is COCCNCc1cnc(N2CCCCC2)nc1. The fraction of sp³-hybridized carbons (Fsp3) is 0.692. The predicted octanol–water partition coefficient (Wildman–Crippen LogP) is 1.20. The molecule has 5 heteroatoms. The van der Waals surface area contributed by atoms with Crippen molar-refractivity contribution in [3.8, 4) is 0 Å². The highest BCUT2D eigenvalue weighted by Gasteiger charge is 2.12. The smallest absolute Gasteiger partial charge is 0.225 e. The summed E-state index contributed by atoms with van der Waals surface area (Å²) in [6.07, 6.45) is 7.67. The number of aromatic nitrogens is 2. The molecule has 0 unspecified atom stereocenters. The molecule has 1 saturated heterocycles. The Balaban J connectivity index is 1.81. The molecule has 0 aromatic carbocycles. The van der Waals surface area contributed by atoms with Gasteiger partial charge in [-0.25, -0.2) is 9.97 Å². The molecular formula is C13H22N4O. The molecule has 1 N–H and O–H groups in total. The molecule has 0 amide bonds. The summed E-state index contributed by atoms with van der Waals surface area (Å²) in [5.74, 6) is 0.871. The second-order valence-electron chi connectivity index (χ2n) is 4.61. The van der Waals surface area contributed by atoms with E-state index in [1.54, 1.807) is 7.11 Å². The first kappa shape index (κ1) is 13.2. The average Bonchev–Trinajstić information content (AvgIpc) is 2.45. The third-order valence-corrected chi connectivity index (χ3v) is 3.14. The quantitative estimate of drug-likeness (QED) is 0.769. The van der Waals surface area contributed by atoms with E-state index in [0.717, 1.165) is 44.3 Å². The topological polar surface area (TPSA) is 50.3 Å². The van der Waals surface area contributed by atoms with Crippen LogP contribution < -0.4 is 10.2 Å². The van der Waals surface area contributed by atoms with E-state index in [-0.39, 0.29) is 0 Å². The molecule has 1 aromatic heterocycles. The van der Waals surface area contributed by atoms with Gasteiger partial charge in [-0.3, -0.25) is 0 Å². The highest BCUT2D eigenvalue weighted by molar-refractivity contribution is 5.30. The monoisotopic (exact) mass is 250 g/mol. The number of rotatable bonds is 6. The Labute approximate surface area is 109 Å². The molecule has 2 heterocycles. The Kier molecular flexibility index (Phi) is 5.36. The van der Waals surface area contributed by atoms with Crippen molar-refractivity contribution in [2.75, 3.05) is 38.3 Å². The van der Waals surface area contributed by atoms with Gasteiger partial charge in [0.15, 0.2) is 0 Å². The van der Waals surface area contributed by atoms with Crippen LogP contribution in [0.1, 0.15) is 24.8 Å². The van der Waals surface area contributed by atoms with Crippen molar-refractivity contribution in [2.45, 2.75) is 25.8 Å². The van der Waals surface area contributed by atoms with E-state index in [2.05, 4.69) is 20.2 Å². The lowest BCUT2D eigenvalue weighted by Crippen LogP contribution is -2.31. The zero-order chi connectivity index (χ0) is 12.6. The molecule has 0 saturated carbocycles. The van der Waals surface area contributed by atoms with Gasteiger partial charge in [0, 0.05) is 51.2 Å². The van der Waals surface area contributed by atoms with Crippen LogP contribution in [0, 0.1) is 0 Å². The molecule has 1 aromatic rings. The molecule has 0 atom stereocenters. The van der Waals surface area contributed by atoms with Crippen LogP contribution in [-0.4, -0.2) is 43.3 Å². The molecule has 100 valence electrons. The number of hydrogen-bond donors (Lipinski definition) is 1. The summed E-state index contributed by atoms with van der Waals surface area (Å²) in [4.78, 5) is 11.2. The maximum absolute atomic E-state index is 4.98. The third-order valence-electron chi connectivity index (χ3n) is 3.14. The average molecular weight is 250 g/mol. The molecule has 5 nitrogen and oxygen atoms in total. The minimum absolute atomic E-state index is 0.729. The van der Waals surface area contributed by atoms with Gasteiger partial charge >= 0.3 is 0 Å². The Morgan fingerprint density at radius 1 is 1.22 bits per heavy atom. The van der Waals surface area contributed by atoms with Crippen LogP contribution in [0.5, 0.6) is 0 Å². The number of hydrogen-bond acceptors (Lipinski definition) is 5. The summed E-state index contributed by atoms with van der Waals surface area (Å²) in [5.41, 5.74) is 1.12. The minimum atomic E-state index is 0.729. The van der Waals surface area contributed by atoms with Gasteiger partial charge in [-0.15, -0.1) is 0 Å². The Morgan fingerprint density at radius 3 is 2.61 bits per heavy atom. The lowest BCUT2D eigenvalue weighted by atomic mass is 10.1. The van der Waals surface area contributed by atoms with E-state index < -0.39 is 0 Å². The van der Waals surface area contributed by atoms with Crippen molar-refractivity contribution in [1.82, 2.24) is 15.3 Å². The number of methoxy groups -OCH3 is 1. The highest BCUT2D eigenvalue weighted by atomic mass is 16.5.